The molecule has 1 unspecified atom stereocenters. The topological polar surface area (TPSA) is 47.6 Å². The molecule has 1 amide bonds. The van der Waals surface area contributed by atoms with Gasteiger partial charge in [-0.2, -0.15) is 0 Å². The average Bonchev–Trinajstić information content (AvgIpc) is 2.55. The largest absolute Gasteiger partial charge is 0.494 e. The Kier molecular flexibility index (Phi) is 6.76. The van der Waals surface area contributed by atoms with Crippen molar-refractivity contribution in [1.82, 2.24) is 0 Å². The maximum atomic E-state index is 12.3. The minimum Gasteiger partial charge on any atom is -0.494 e. The maximum Gasteiger partial charge on any atom is 0.265 e. The summed E-state index contributed by atoms with van der Waals surface area (Å²) in [6, 6.07) is 12.1. The molecule has 1 N–H and O–H groups in total. The van der Waals surface area contributed by atoms with E-state index < -0.39 is 6.10 Å². The molecule has 128 valence electrons. The smallest absolute Gasteiger partial charge is 0.265 e. The second-order valence-corrected chi connectivity index (χ2v) is 6.04. The molecule has 0 fully saturated rings. The monoisotopic (exact) mass is 367 g/mol. The molecular weight excluding hydrogens is 349 g/mol. The second-order valence-electron chi connectivity index (χ2n) is 5.20. The number of hydrogen-bond donors (Lipinski definition) is 1. The first kappa shape index (κ1) is 18.4. The molecule has 2 rings (SSSR count). The van der Waals surface area contributed by atoms with Crippen molar-refractivity contribution in [1.29, 1.82) is 0 Å². The van der Waals surface area contributed by atoms with Gasteiger partial charge in [0.05, 0.1) is 11.6 Å². The van der Waals surface area contributed by atoms with Crippen molar-refractivity contribution in [3.8, 4) is 11.5 Å². The number of benzene rings is 2. The molecule has 0 heterocycles. The average molecular weight is 368 g/mol. The zero-order chi connectivity index (χ0) is 17.5. The van der Waals surface area contributed by atoms with E-state index in [1.807, 2.05) is 19.1 Å². The van der Waals surface area contributed by atoms with Crippen LogP contribution in [-0.2, 0) is 4.79 Å². The van der Waals surface area contributed by atoms with E-state index in [0.29, 0.717) is 33.8 Å². The van der Waals surface area contributed by atoms with E-state index in [9.17, 15) is 4.79 Å². The van der Waals surface area contributed by atoms with Crippen LogP contribution < -0.4 is 14.8 Å². The van der Waals surface area contributed by atoms with Crippen LogP contribution in [0.25, 0.3) is 0 Å². The number of halogens is 2. The Morgan fingerprint density at radius 3 is 2.71 bits per heavy atom. The van der Waals surface area contributed by atoms with E-state index in [2.05, 4.69) is 5.32 Å². The fraction of sp³-hybridized carbons (Fsp3) is 0.278. The lowest BCUT2D eigenvalue weighted by atomic mass is 10.2. The van der Waals surface area contributed by atoms with Gasteiger partial charge in [0.1, 0.15) is 11.5 Å². The van der Waals surface area contributed by atoms with Crippen LogP contribution in [0.15, 0.2) is 42.5 Å². The number of hydrogen-bond acceptors (Lipinski definition) is 3. The molecule has 0 saturated carbocycles. The van der Waals surface area contributed by atoms with E-state index in [4.69, 9.17) is 32.7 Å². The van der Waals surface area contributed by atoms with Crippen molar-refractivity contribution in [3.05, 3.63) is 52.5 Å². The predicted molar refractivity (Wildman–Crippen MR) is 97.4 cm³/mol. The standard InChI is InChI=1S/C18H19Cl2NO3/c1-3-9-23-15-6-4-5-14(11-15)21-18(22)12(2)24-17-8-7-13(19)10-16(17)20/h4-8,10-12H,3,9H2,1-2H3,(H,21,22). The van der Waals surface area contributed by atoms with Gasteiger partial charge in [0, 0.05) is 16.8 Å². The first-order valence-electron chi connectivity index (χ1n) is 7.65. The molecule has 0 saturated heterocycles. The van der Waals surface area contributed by atoms with Gasteiger partial charge >= 0.3 is 0 Å². The molecule has 0 aliphatic rings. The lowest BCUT2D eigenvalue weighted by Gasteiger charge is -2.16. The quantitative estimate of drug-likeness (QED) is 0.732. The van der Waals surface area contributed by atoms with Crippen molar-refractivity contribution < 1.29 is 14.3 Å². The molecule has 24 heavy (non-hydrogen) atoms. The van der Waals surface area contributed by atoms with Crippen LogP contribution in [0.3, 0.4) is 0 Å². The summed E-state index contributed by atoms with van der Waals surface area (Å²) < 4.78 is 11.1. The molecule has 0 aliphatic carbocycles. The molecular formula is C18H19Cl2NO3. The molecule has 0 radical (unpaired) electrons. The summed E-state index contributed by atoms with van der Waals surface area (Å²) in [6.07, 6.45) is 0.201. The van der Waals surface area contributed by atoms with Gasteiger partial charge < -0.3 is 14.8 Å². The predicted octanol–water partition coefficient (Wildman–Crippen LogP) is 5.19. The third-order valence-electron chi connectivity index (χ3n) is 3.14. The minimum absolute atomic E-state index is 0.284. The van der Waals surface area contributed by atoms with Crippen LogP contribution in [0.5, 0.6) is 11.5 Å². The third kappa shape index (κ3) is 5.32. The van der Waals surface area contributed by atoms with Gasteiger partial charge in [-0.25, -0.2) is 0 Å². The normalized spacial score (nSPS) is 11.7. The highest BCUT2D eigenvalue weighted by Crippen LogP contribution is 2.28. The Morgan fingerprint density at radius 2 is 2.00 bits per heavy atom. The molecule has 0 aliphatic heterocycles. The number of carbonyl (C=O) groups is 1. The molecule has 4 nitrogen and oxygen atoms in total. The number of carbonyl (C=O) groups excluding carboxylic acids is 1. The first-order chi connectivity index (χ1) is 11.5. The van der Waals surface area contributed by atoms with Crippen LogP contribution >= 0.6 is 23.2 Å². The van der Waals surface area contributed by atoms with Gasteiger partial charge in [-0.1, -0.05) is 36.2 Å². The fourth-order valence-corrected chi connectivity index (χ4v) is 2.40. The van der Waals surface area contributed by atoms with E-state index in [0.717, 1.165) is 6.42 Å². The van der Waals surface area contributed by atoms with Crippen molar-refractivity contribution in [2.45, 2.75) is 26.4 Å². The Balaban J connectivity index is 1.98. The number of anilines is 1. The zero-order valence-electron chi connectivity index (χ0n) is 13.5. The van der Waals surface area contributed by atoms with Crippen LogP contribution in [0.1, 0.15) is 20.3 Å². The molecule has 0 aromatic heterocycles. The molecule has 6 heteroatoms. The highest BCUT2D eigenvalue weighted by molar-refractivity contribution is 6.35. The number of amides is 1. The third-order valence-corrected chi connectivity index (χ3v) is 3.67. The Labute approximate surface area is 151 Å². The zero-order valence-corrected chi connectivity index (χ0v) is 15.0. The van der Waals surface area contributed by atoms with Crippen molar-refractivity contribution in [2.75, 3.05) is 11.9 Å². The number of ether oxygens (including phenoxy) is 2. The van der Waals surface area contributed by atoms with Gasteiger partial charge in [-0.3, -0.25) is 4.79 Å². The van der Waals surface area contributed by atoms with Crippen molar-refractivity contribution in [3.63, 3.8) is 0 Å². The molecule has 2 aromatic carbocycles. The summed E-state index contributed by atoms with van der Waals surface area (Å²) in [5.74, 6) is 0.835. The van der Waals surface area contributed by atoms with Crippen LogP contribution in [0.4, 0.5) is 5.69 Å². The van der Waals surface area contributed by atoms with Gasteiger partial charge in [0.25, 0.3) is 5.91 Å². The maximum absolute atomic E-state index is 12.3. The highest BCUT2D eigenvalue weighted by atomic mass is 35.5. The summed E-state index contributed by atoms with van der Waals surface area (Å²) >= 11 is 11.9. The summed E-state index contributed by atoms with van der Waals surface area (Å²) in [7, 11) is 0. The van der Waals surface area contributed by atoms with Gasteiger partial charge in [-0.15, -0.1) is 0 Å². The van der Waals surface area contributed by atoms with Gasteiger partial charge in [-0.05, 0) is 43.7 Å². The summed E-state index contributed by atoms with van der Waals surface area (Å²) in [5, 5.41) is 3.66. The summed E-state index contributed by atoms with van der Waals surface area (Å²) in [4.78, 5) is 12.3. The van der Waals surface area contributed by atoms with E-state index in [1.165, 1.54) is 0 Å². The van der Waals surface area contributed by atoms with Gasteiger partial charge in [0.2, 0.25) is 0 Å². The summed E-state index contributed by atoms with van der Waals surface area (Å²) in [5.41, 5.74) is 0.645. The summed E-state index contributed by atoms with van der Waals surface area (Å²) in [6.45, 7) is 4.32. The second kappa shape index (κ2) is 8.81. The lowest BCUT2D eigenvalue weighted by molar-refractivity contribution is -0.122. The van der Waals surface area contributed by atoms with E-state index in [-0.39, 0.29) is 5.91 Å². The number of rotatable bonds is 7. The van der Waals surface area contributed by atoms with E-state index >= 15 is 0 Å². The first-order valence-corrected chi connectivity index (χ1v) is 8.40. The molecule has 2 aromatic rings. The SMILES string of the molecule is CCCOc1cccc(NC(=O)C(C)Oc2ccc(Cl)cc2Cl)c1. The van der Waals surface area contributed by atoms with Gasteiger partial charge in [0.15, 0.2) is 6.10 Å². The Morgan fingerprint density at radius 1 is 1.21 bits per heavy atom. The minimum atomic E-state index is -0.719. The lowest BCUT2D eigenvalue weighted by Crippen LogP contribution is -2.30. The molecule has 1 atom stereocenters. The Bertz CT molecular complexity index is 706. The highest BCUT2D eigenvalue weighted by Gasteiger charge is 2.16. The molecule has 0 spiro atoms. The van der Waals surface area contributed by atoms with Crippen molar-refractivity contribution in [2.24, 2.45) is 0 Å². The Hall–Kier alpha value is -1.91. The fourth-order valence-electron chi connectivity index (χ4n) is 1.94. The molecule has 0 bridgehead atoms. The van der Waals surface area contributed by atoms with E-state index in [1.54, 1.807) is 37.3 Å². The van der Waals surface area contributed by atoms with Crippen LogP contribution in [0, 0.1) is 0 Å². The number of nitrogens with one attached hydrogen (secondary N) is 1. The van der Waals surface area contributed by atoms with Crippen LogP contribution in [-0.4, -0.2) is 18.6 Å². The van der Waals surface area contributed by atoms with Crippen molar-refractivity contribution >= 4 is 34.8 Å². The van der Waals surface area contributed by atoms with Crippen LogP contribution in [0.2, 0.25) is 10.0 Å².